The number of nitrogens with zero attached hydrogens (tertiary/aromatic N) is 3. The van der Waals surface area contributed by atoms with Gasteiger partial charge in [0.15, 0.2) is 17.3 Å². The maximum Gasteiger partial charge on any atom is 0.161 e. The lowest BCUT2D eigenvalue weighted by molar-refractivity contribution is 0.171. The summed E-state index contributed by atoms with van der Waals surface area (Å²) in [4.78, 5) is 12.6. The molecule has 4 rings (SSSR count). The summed E-state index contributed by atoms with van der Waals surface area (Å²) >= 11 is 0. The lowest BCUT2D eigenvalue weighted by Crippen LogP contribution is -2.15. The highest BCUT2D eigenvalue weighted by Gasteiger charge is 2.12. The van der Waals surface area contributed by atoms with Crippen molar-refractivity contribution in [3.05, 3.63) is 66.0 Å². The first-order valence-corrected chi connectivity index (χ1v) is 8.09. The molecular formula is C19H16FN3O2. The smallest absolute Gasteiger partial charge is 0.161 e. The SMILES string of the molecule is Fc1cncc(-c2nccc(CCc3ccc4c(c3)OCCO4)n2)c1. The summed E-state index contributed by atoms with van der Waals surface area (Å²) in [5.74, 6) is 1.66. The molecule has 25 heavy (non-hydrogen) atoms. The molecule has 3 heterocycles. The van der Waals surface area contributed by atoms with Crippen molar-refractivity contribution in [1.82, 2.24) is 15.0 Å². The second kappa shape index (κ2) is 6.84. The maximum atomic E-state index is 13.3. The number of halogens is 1. The van der Waals surface area contributed by atoms with E-state index in [-0.39, 0.29) is 0 Å². The van der Waals surface area contributed by atoms with E-state index in [1.54, 1.807) is 12.4 Å². The predicted molar refractivity (Wildman–Crippen MR) is 90.1 cm³/mol. The summed E-state index contributed by atoms with van der Waals surface area (Å²) in [5.41, 5.74) is 2.61. The minimum atomic E-state index is -0.400. The van der Waals surface area contributed by atoms with Crippen molar-refractivity contribution in [3.63, 3.8) is 0 Å². The van der Waals surface area contributed by atoms with Crippen LogP contribution in [0.4, 0.5) is 4.39 Å². The van der Waals surface area contributed by atoms with Crippen LogP contribution in [-0.4, -0.2) is 28.2 Å². The minimum absolute atomic E-state index is 0.400. The molecule has 0 radical (unpaired) electrons. The van der Waals surface area contributed by atoms with E-state index in [1.807, 2.05) is 24.3 Å². The highest BCUT2D eigenvalue weighted by Crippen LogP contribution is 2.31. The third-order valence-electron chi connectivity index (χ3n) is 3.95. The van der Waals surface area contributed by atoms with Crippen LogP contribution in [0.3, 0.4) is 0 Å². The Morgan fingerprint density at radius 2 is 1.84 bits per heavy atom. The Hall–Kier alpha value is -3.02. The Morgan fingerprint density at radius 1 is 0.960 bits per heavy atom. The number of rotatable bonds is 4. The Labute approximate surface area is 144 Å². The minimum Gasteiger partial charge on any atom is -0.486 e. The number of aromatic nitrogens is 3. The number of pyridine rings is 1. The molecule has 0 fully saturated rings. The molecule has 1 aliphatic rings. The summed E-state index contributed by atoms with van der Waals surface area (Å²) in [6, 6.07) is 9.23. The lowest BCUT2D eigenvalue weighted by Gasteiger charge is -2.18. The van der Waals surface area contributed by atoms with Gasteiger partial charge in [-0.15, -0.1) is 0 Å². The zero-order valence-corrected chi connectivity index (χ0v) is 13.5. The molecule has 0 spiro atoms. The third-order valence-corrected chi connectivity index (χ3v) is 3.95. The number of benzene rings is 1. The summed E-state index contributed by atoms with van der Waals surface area (Å²) in [5, 5.41) is 0. The van der Waals surface area contributed by atoms with Crippen LogP contribution in [0.1, 0.15) is 11.3 Å². The molecule has 5 nitrogen and oxygen atoms in total. The van der Waals surface area contributed by atoms with Gasteiger partial charge in [0.05, 0.1) is 6.20 Å². The van der Waals surface area contributed by atoms with Crippen LogP contribution in [0.25, 0.3) is 11.4 Å². The molecule has 0 unspecified atom stereocenters. The second-order valence-electron chi connectivity index (χ2n) is 5.74. The first-order chi connectivity index (χ1) is 12.3. The van der Waals surface area contributed by atoms with E-state index in [4.69, 9.17) is 9.47 Å². The van der Waals surface area contributed by atoms with Gasteiger partial charge >= 0.3 is 0 Å². The Kier molecular flexibility index (Phi) is 4.24. The summed E-state index contributed by atoms with van der Waals surface area (Å²) in [6.07, 6.45) is 5.97. The van der Waals surface area contributed by atoms with Crippen molar-refractivity contribution in [3.8, 4) is 22.9 Å². The van der Waals surface area contributed by atoms with Crippen LogP contribution >= 0.6 is 0 Å². The fraction of sp³-hybridized carbons (Fsp3) is 0.211. The summed E-state index contributed by atoms with van der Waals surface area (Å²) in [7, 11) is 0. The van der Waals surface area contributed by atoms with Crippen molar-refractivity contribution < 1.29 is 13.9 Å². The van der Waals surface area contributed by atoms with E-state index in [1.165, 1.54) is 6.07 Å². The zero-order valence-electron chi connectivity index (χ0n) is 13.5. The molecule has 0 aliphatic carbocycles. The average Bonchev–Trinajstić information content (AvgIpc) is 2.66. The van der Waals surface area contributed by atoms with Gasteiger partial charge in [0, 0.05) is 23.7 Å². The largest absolute Gasteiger partial charge is 0.486 e. The van der Waals surface area contributed by atoms with Crippen LogP contribution in [-0.2, 0) is 12.8 Å². The van der Waals surface area contributed by atoms with E-state index < -0.39 is 5.82 Å². The maximum absolute atomic E-state index is 13.3. The third kappa shape index (κ3) is 3.57. The van der Waals surface area contributed by atoms with Crippen LogP contribution in [0.5, 0.6) is 11.5 Å². The molecule has 3 aromatic rings. The fourth-order valence-electron chi connectivity index (χ4n) is 2.72. The standard InChI is InChI=1S/C19H16FN3O2/c20-15-10-14(11-21-12-15)19-22-6-5-16(23-19)3-1-13-2-4-17-18(9-13)25-8-7-24-17/h2,4-6,9-12H,1,3,7-8H2. The van der Waals surface area contributed by atoms with Gasteiger partial charge in [-0.25, -0.2) is 14.4 Å². The van der Waals surface area contributed by atoms with Crippen molar-refractivity contribution >= 4 is 0 Å². The topological polar surface area (TPSA) is 57.1 Å². The van der Waals surface area contributed by atoms with Crippen molar-refractivity contribution in [1.29, 1.82) is 0 Å². The van der Waals surface area contributed by atoms with E-state index in [2.05, 4.69) is 15.0 Å². The van der Waals surface area contributed by atoms with Crippen molar-refractivity contribution in [2.45, 2.75) is 12.8 Å². The van der Waals surface area contributed by atoms with E-state index in [0.29, 0.717) is 24.6 Å². The predicted octanol–water partition coefficient (Wildman–Crippen LogP) is 3.23. The number of hydrogen-bond donors (Lipinski definition) is 0. The quantitative estimate of drug-likeness (QED) is 0.731. The highest BCUT2D eigenvalue weighted by molar-refractivity contribution is 5.53. The van der Waals surface area contributed by atoms with Gasteiger partial charge < -0.3 is 9.47 Å². The molecule has 0 saturated carbocycles. The van der Waals surface area contributed by atoms with Gasteiger partial charge in [0.1, 0.15) is 19.0 Å². The van der Waals surface area contributed by atoms with Gasteiger partial charge in [0.25, 0.3) is 0 Å². The molecule has 1 aliphatic heterocycles. The van der Waals surface area contributed by atoms with Crippen LogP contribution < -0.4 is 9.47 Å². The van der Waals surface area contributed by atoms with E-state index in [0.717, 1.165) is 41.8 Å². The number of fused-ring (bicyclic) bond motifs is 1. The lowest BCUT2D eigenvalue weighted by atomic mass is 10.1. The average molecular weight is 337 g/mol. The molecule has 0 N–H and O–H groups in total. The Balaban J connectivity index is 1.49. The van der Waals surface area contributed by atoms with Gasteiger partial charge in [0.2, 0.25) is 0 Å². The highest BCUT2D eigenvalue weighted by atomic mass is 19.1. The second-order valence-corrected chi connectivity index (χ2v) is 5.74. The molecule has 0 bridgehead atoms. The Bertz CT molecular complexity index is 901. The van der Waals surface area contributed by atoms with Gasteiger partial charge in [-0.3, -0.25) is 4.98 Å². The normalized spacial score (nSPS) is 12.8. The number of aryl methyl sites for hydroxylation is 2. The van der Waals surface area contributed by atoms with Gasteiger partial charge in [-0.2, -0.15) is 0 Å². The number of ether oxygens (including phenoxy) is 2. The Morgan fingerprint density at radius 3 is 2.72 bits per heavy atom. The molecule has 2 aromatic heterocycles. The monoisotopic (exact) mass is 337 g/mol. The zero-order chi connectivity index (χ0) is 17.1. The first-order valence-electron chi connectivity index (χ1n) is 8.09. The molecule has 0 atom stereocenters. The van der Waals surface area contributed by atoms with Gasteiger partial charge in [-0.05, 0) is 42.7 Å². The van der Waals surface area contributed by atoms with Crippen LogP contribution in [0.2, 0.25) is 0 Å². The number of hydrogen-bond acceptors (Lipinski definition) is 5. The summed E-state index contributed by atoms with van der Waals surface area (Å²) < 4.78 is 24.5. The van der Waals surface area contributed by atoms with Crippen molar-refractivity contribution in [2.75, 3.05) is 13.2 Å². The molecule has 6 heteroatoms. The van der Waals surface area contributed by atoms with E-state index in [9.17, 15) is 4.39 Å². The molecule has 1 aromatic carbocycles. The van der Waals surface area contributed by atoms with Crippen molar-refractivity contribution in [2.24, 2.45) is 0 Å². The van der Waals surface area contributed by atoms with Gasteiger partial charge in [-0.1, -0.05) is 6.07 Å². The molecular weight excluding hydrogens is 321 g/mol. The molecule has 0 amide bonds. The fourth-order valence-corrected chi connectivity index (χ4v) is 2.72. The van der Waals surface area contributed by atoms with Crippen LogP contribution in [0, 0.1) is 5.82 Å². The van der Waals surface area contributed by atoms with Crippen LogP contribution in [0.15, 0.2) is 48.9 Å². The van der Waals surface area contributed by atoms with E-state index >= 15 is 0 Å². The summed E-state index contributed by atoms with van der Waals surface area (Å²) in [6.45, 7) is 1.17. The molecule has 0 saturated heterocycles. The molecule has 126 valence electrons. The first kappa shape index (κ1) is 15.5.